The number of likely N-dealkylation sites (N-methyl/N-ethyl adjacent to an activating group) is 1. The molecule has 0 aliphatic rings. The maximum absolute atomic E-state index is 10.4. The van der Waals surface area contributed by atoms with Crippen LogP contribution in [0.25, 0.3) is 0 Å². The number of hydrogen-bond donors (Lipinski definition) is 1. The molecule has 0 spiro atoms. The van der Waals surface area contributed by atoms with Crippen molar-refractivity contribution in [3.63, 3.8) is 0 Å². The monoisotopic (exact) mass is 117 g/mol. The lowest BCUT2D eigenvalue weighted by atomic mass is 10.6. The number of rotatable bonds is 2. The van der Waals surface area contributed by atoms with Crippen LogP contribution in [0.2, 0.25) is 0 Å². The van der Waals surface area contributed by atoms with E-state index in [0.717, 1.165) is 11.6 Å². The van der Waals surface area contributed by atoms with Gasteiger partial charge in [-0.05, 0) is 0 Å². The van der Waals surface area contributed by atoms with E-state index >= 15 is 0 Å². The Morgan fingerprint density at radius 2 is 2.38 bits per heavy atom. The van der Waals surface area contributed by atoms with Gasteiger partial charge in [0, 0.05) is 7.05 Å². The molecule has 0 rings (SSSR count). The van der Waals surface area contributed by atoms with E-state index in [1.807, 2.05) is 0 Å². The van der Waals surface area contributed by atoms with Gasteiger partial charge in [0.15, 0.2) is 0 Å². The zero-order chi connectivity index (χ0) is 6.57. The molecule has 0 aromatic carbocycles. The zero-order valence-electron chi connectivity index (χ0n) is 4.92. The van der Waals surface area contributed by atoms with Gasteiger partial charge in [0.05, 0.1) is 7.11 Å². The van der Waals surface area contributed by atoms with Gasteiger partial charge in [-0.25, -0.2) is 5.06 Å². The molecular formula is C4H9N2O2. The Kier molecular flexibility index (Phi) is 3.14. The van der Waals surface area contributed by atoms with Crippen LogP contribution in [0.1, 0.15) is 0 Å². The summed E-state index contributed by atoms with van der Waals surface area (Å²) >= 11 is 0. The van der Waals surface area contributed by atoms with E-state index in [1.54, 1.807) is 0 Å². The van der Waals surface area contributed by atoms with Gasteiger partial charge in [-0.1, -0.05) is 0 Å². The number of nitrogens with zero attached hydrogens (tertiary/aromatic N) is 1. The molecular weight excluding hydrogens is 108 g/mol. The summed E-state index contributed by atoms with van der Waals surface area (Å²) in [5, 5.41) is 1.03. The molecule has 0 heterocycles. The van der Waals surface area contributed by atoms with Crippen molar-refractivity contribution in [3.8, 4) is 0 Å². The lowest BCUT2D eigenvalue weighted by Crippen LogP contribution is -2.27. The quantitative estimate of drug-likeness (QED) is 0.478. The Morgan fingerprint density at radius 3 is 2.50 bits per heavy atom. The van der Waals surface area contributed by atoms with Gasteiger partial charge < -0.3 is 5.73 Å². The summed E-state index contributed by atoms with van der Waals surface area (Å²) in [5.74, 6) is -0.354. The van der Waals surface area contributed by atoms with Crippen LogP contribution in [0, 0.1) is 6.54 Å². The minimum atomic E-state index is -0.354. The molecule has 1 amide bonds. The van der Waals surface area contributed by atoms with Gasteiger partial charge in [0.25, 0.3) is 5.91 Å². The number of hydrogen-bond acceptors (Lipinski definition) is 3. The summed E-state index contributed by atoms with van der Waals surface area (Å²) in [7, 11) is 2.87. The molecule has 0 aromatic heterocycles. The molecule has 1 radical (unpaired) electrons. The van der Waals surface area contributed by atoms with E-state index in [2.05, 4.69) is 4.84 Å². The third kappa shape index (κ3) is 1.90. The van der Waals surface area contributed by atoms with Crippen molar-refractivity contribution in [3.05, 3.63) is 6.54 Å². The third-order valence-corrected chi connectivity index (χ3v) is 0.727. The summed E-state index contributed by atoms with van der Waals surface area (Å²) in [6.07, 6.45) is 0. The second kappa shape index (κ2) is 3.40. The highest BCUT2D eigenvalue weighted by Crippen LogP contribution is 1.81. The SMILES string of the molecule is CON(C)C(=O)[CH]N. The highest BCUT2D eigenvalue weighted by atomic mass is 16.7. The van der Waals surface area contributed by atoms with Gasteiger partial charge in [-0.15, -0.1) is 0 Å². The molecule has 4 nitrogen and oxygen atoms in total. The molecule has 4 heteroatoms. The van der Waals surface area contributed by atoms with Crippen molar-refractivity contribution < 1.29 is 9.63 Å². The van der Waals surface area contributed by atoms with Crippen molar-refractivity contribution in [1.82, 2.24) is 5.06 Å². The van der Waals surface area contributed by atoms with Crippen LogP contribution in [0.3, 0.4) is 0 Å². The van der Waals surface area contributed by atoms with Crippen molar-refractivity contribution in [2.75, 3.05) is 14.2 Å². The number of nitrogens with two attached hydrogens (primary N) is 1. The molecule has 8 heavy (non-hydrogen) atoms. The second-order valence-corrected chi connectivity index (χ2v) is 1.18. The van der Waals surface area contributed by atoms with Crippen LogP contribution in [-0.4, -0.2) is 25.1 Å². The van der Waals surface area contributed by atoms with Gasteiger partial charge >= 0.3 is 0 Å². The second-order valence-electron chi connectivity index (χ2n) is 1.18. The summed E-state index contributed by atoms with van der Waals surface area (Å²) in [6.45, 7) is 0.934. The lowest BCUT2D eigenvalue weighted by molar-refractivity contribution is -0.164. The Bertz CT molecular complexity index is 84.1. The molecule has 0 aliphatic carbocycles. The summed E-state index contributed by atoms with van der Waals surface area (Å²) in [5.41, 5.74) is 4.85. The normalized spacial score (nSPS) is 8.88. The number of carbonyl (C=O) groups excluding carboxylic acids is 1. The standard InChI is InChI=1S/C4H9N2O2/c1-6(8-2)4(7)3-5/h3H,5H2,1-2H3. The van der Waals surface area contributed by atoms with Crippen LogP contribution in [0.5, 0.6) is 0 Å². The Balaban J connectivity index is 3.46. The average molecular weight is 117 g/mol. The molecule has 0 fully saturated rings. The van der Waals surface area contributed by atoms with Gasteiger partial charge in [-0.2, -0.15) is 0 Å². The number of hydroxylamine groups is 2. The fourth-order valence-corrected chi connectivity index (χ4v) is 0.195. The summed E-state index contributed by atoms with van der Waals surface area (Å²) in [4.78, 5) is 14.8. The first-order chi connectivity index (χ1) is 3.72. The van der Waals surface area contributed by atoms with Gasteiger partial charge in [0.1, 0.15) is 6.54 Å². The maximum Gasteiger partial charge on any atom is 0.264 e. The molecule has 0 aromatic rings. The van der Waals surface area contributed by atoms with Crippen molar-refractivity contribution in [1.29, 1.82) is 0 Å². The van der Waals surface area contributed by atoms with Gasteiger partial charge in [0.2, 0.25) is 0 Å². The van der Waals surface area contributed by atoms with E-state index < -0.39 is 0 Å². The van der Waals surface area contributed by atoms with E-state index in [4.69, 9.17) is 5.73 Å². The first-order valence-electron chi connectivity index (χ1n) is 2.09. The Morgan fingerprint density at radius 1 is 1.88 bits per heavy atom. The van der Waals surface area contributed by atoms with Crippen molar-refractivity contribution in [2.24, 2.45) is 5.73 Å². The van der Waals surface area contributed by atoms with Gasteiger partial charge in [-0.3, -0.25) is 9.63 Å². The van der Waals surface area contributed by atoms with E-state index in [9.17, 15) is 4.79 Å². The Labute approximate surface area is 48.2 Å². The Hall–Kier alpha value is -0.610. The molecule has 0 unspecified atom stereocenters. The molecule has 2 N–H and O–H groups in total. The zero-order valence-corrected chi connectivity index (χ0v) is 4.92. The largest absolute Gasteiger partial charge is 0.318 e. The molecule has 0 bridgehead atoms. The fourth-order valence-electron chi connectivity index (χ4n) is 0.195. The first-order valence-corrected chi connectivity index (χ1v) is 2.09. The number of amides is 1. The molecule has 47 valence electrons. The third-order valence-electron chi connectivity index (χ3n) is 0.727. The van der Waals surface area contributed by atoms with E-state index in [0.29, 0.717) is 0 Å². The minimum absolute atomic E-state index is 0.354. The predicted octanol–water partition coefficient (Wildman–Crippen LogP) is -0.873. The van der Waals surface area contributed by atoms with Crippen LogP contribution >= 0.6 is 0 Å². The smallest absolute Gasteiger partial charge is 0.264 e. The van der Waals surface area contributed by atoms with Crippen LogP contribution in [-0.2, 0) is 9.63 Å². The highest BCUT2D eigenvalue weighted by molar-refractivity contribution is 5.82. The van der Waals surface area contributed by atoms with E-state index in [-0.39, 0.29) is 5.91 Å². The van der Waals surface area contributed by atoms with Crippen LogP contribution in [0.15, 0.2) is 0 Å². The highest BCUT2D eigenvalue weighted by Gasteiger charge is 2.02. The molecule has 0 aliphatic heterocycles. The van der Waals surface area contributed by atoms with Crippen LogP contribution < -0.4 is 5.73 Å². The van der Waals surface area contributed by atoms with Crippen molar-refractivity contribution >= 4 is 5.91 Å². The van der Waals surface area contributed by atoms with Crippen molar-refractivity contribution in [2.45, 2.75) is 0 Å². The molecule has 0 atom stereocenters. The lowest BCUT2D eigenvalue weighted by Gasteiger charge is -2.10. The first kappa shape index (κ1) is 7.39. The minimum Gasteiger partial charge on any atom is -0.318 e. The fraction of sp³-hybridized carbons (Fsp3) is 0.500. The topological polar surface area (TPSA) is 55.6 Å². The molecule has 0 saturated heterocycles. The summed E-state index contributed by atoms with van der Waals surface area (Å²) < 4.78 is 0. The number of carbonyl (C=O) groups is 1. The van der Waals surface area contributed by atoms with Crippen LogP contribution in [0.4, 0.5) is 0 Å². The maximum atomic E-state index is 10.4. The van der Waals surface area contributed by atoms with E-state index in [1.165, 1.54) is 14.2 Å². The summed E-state index contributed by atoms with van der Waals surface area (Å²) in [6, 6.07) is 0. The average Bonchev–Trinajstić information content (AvgIpc) is 1.84. The predicted molar refractivity (Wildman–Crippen MR) is 28.3 cm³/mol. The molecule has 0 saturated carbocycles.